The predicted octanol–water partition coefficient (Wildman–Crippen LogP) is 3.82. The van der Waals surface area contributed by atoms with Gasteiger partial charge in [0, 0.05) is 16.8 Å². The molecule has 0 bridgehead atoms. The van der Waals surface area contributed by atoms with Crippen molar-refractivity contribution in [1.82, 2.24) is 5.16 Å². The van der Waals surface area contributed by atoms with E-state index in [1.54, 1.807) is 18.2 Å². The molecule has 0 unspecified atom stereocenters. The normalized spacial score (nSPS) is 11.0. The number of hydrogen-bond donors (Lipinski definition) is 2. The molecule has 0 aliphatic rings. The molecule has 0 radical (unpaired) electrons. The summed E-state index contributed by atoms with van der Waals surface area (Å²) in [7, 11) is 0. The number of carbonyl (C=O) groups is 1. The second-order valence-corrected chi connectivity index (χ2v) is 5.23. The standard InChI is InChI=1S/C18H13N3O2/c19-13-8-4-10-15-16(13)17(21-23-15)18(22)20-14-9-3-6-11-5-1-2-7-12(11)14/h1-10H,19H2,(H,20,22). The third-order valence-electron chi connectivity index (χ3n) is 3.78. The first-order valence-corrected chi connectivity index (χ1v) is 7.17. The quantitative estimate of drug-likeness (QED) is 0.552. The van der Waals surface area contributed by atoms with Gasteiger partial charge in [0.2, 0.25) is 0 Å². The zero-order chi connectivity index (χ0) is 15.8. The molecule has 3 N–H and O–H groups in total. The first-order valence-electron chi connectivity index (χ1n) is 7.17. The van der Waals surface area contributed by atoms with Crippen molar-refractivity contribution in [3.63, 3.8) is 0 Å². The molecule has 5 heteroatoms. The van der Waals surface area contributed by atoms with Crippen LogP contribution in [-0.2, 0) is 0 Å². The van der Waals surface area contributed by atoms with Gasteiger partial charge in [0.25, 0.3) is 5.91 Å². The lowest BCUT2D eigenvalue weighted by Crippen LogP contribution is -2.13. The van der Waals surface area contributed by atoms with Crippen molar-refractivity contribution >= 4 is 39.0 Å². The molecule has 0 aliphatic carbocycles. The minimum absolute atomic E-state index is 0.186. The van der Waals surface area contributed by atoms with E-state index in [9.17, 15) is 4.79 Å². The number of benzene rings is 3. The Hall–Kier alpha value is -3.34. The van der Waals surface area contributed by atoms with Gasteiger partial charge in [-0.2, -0.15) is 0 Å². The smallest absolute Gasteiger partial charge is 0.278 e. The monoisotopic (exact) mass is 303 g/mol. The summed E-state index contributed by atoms with van der Waals surface area (Å²) in [6.07, 6.45) is 0. The van der Waals surface area contributed by atoms with Crippen molar-refractivity contribution in [3.8, 4) is 0 Å². The maximum absolute atomic E-state index is 12.6. The fraction of sp³-hybridized carbons (Fsp3) is 0. The Morgan fingerprint density at radius 3 is 2.70 bits per heavy atom. The number of rotatable bonds is 2. The zero-order valence-electron chi connectivity index (χ0n) is 12.1. The lowest BCUT2D eigenvalue weighted by atomic mass is 10.1. The molecule has 1 heterocycles. The van der Waals surface area contributed by atoms with Gasteiger partial charge in [-0.15, -0.1) is 0 Å². The van der Waals surface area contributed by atoms with Crippen LogP contribution in [0.2, 0.25) is 0 Å². The Labute approximate surface area is 131 Å². The molecular weight excluding hydrogens is 290 g/mol. The SMILES string of the molecule is Nc1cccc2onc(C(=O)Nc3cccc4ccccc34)c12. The molecule has 4 rings (SSSR count). The summed E-state index contributed by atoms with van der Waals surface area (Å²) in [5.74, 6) is -0.349. The summed E-state index contributed by atoms with van der Waals surface area (Å²) in [6.45, 7) is 0. The molecule has 0 aliphatic heterocycles. The largest absolute Gasteiger partial charge is 0.398 e. The first-order chi connectivity index (χ1) is 11.2. The number of fused-ring (bicyclic) bond motifs is 2. The van der Waals surface area contributed by atoms with E-state index < -0.39 is 0 Å². The Balaban J connectivity index is 1.77. The van der Waals surface area contributed by atoms with Crippen LogP contribution >= 0.6 is 0 Å². The molecule has 1 aromatic heterocycles. The molecule has 1 amide bonds. The number of nitrogen functional groups attached to an aromatic ring is 1. The van der Waals surface area contributed by atoms with Crippen molar-refractivity contribution in [2.75, 3.05) is 11.1 Å². The van der Waals surface area contributed by atoms with Gasteiger partial charge < -0.3 is 15.6 Å². The van der Waals surface area contributed by atoms with Crippen molar-refractivity contribution in [2.24, 2.45) is 0 Å². The number of nitrogens with one attached hydrogen (secondary N) is 1. The number of aromatic nitrogens is 1. The zero-order valence-corrected chi connectivity index (χ0v) is 12.1. The van der Waals surface area contributed by atoms with Crippen LogP contribution in [-0.4, -0.2) is 11.1 Å². The molecule has 23 heavy (non-hydrogen) atoms. The highest BCUT2D eigenvalue weighted by molar-refractivity contribution is 6.15. The number of nitrogens with zero attached hydrogens (tertiary/aromatic N) is 1. The van der Waals surface area contributed by atoms with E-state index in [4.69, 9.17) is 10.3 Å². The minimum Gasteiger partial charge on any atom is -0.398 e. The van der Waals surface area contributed by atoms with Crippen LogP contribution in [0.5, 0.6) is 0 Å². The summed E-state index contributed by atoms with van der Waals surface area (Å²) in [6, 6.07) is 18.8. The summed E-state index contributed by atoms with van der Waals surface area (Å²) >= 11 is 0. The van der Waals surface area contributed by atoms with Crippen LogP contribution in [0.4, 0.5) is 11.4 Å². The molecule has 3 aromatic carbocycles. The highest BCUT2D eigenvalue weighted by atomic mass is 16.5. The Morgan fingerprint density at radius 2 is 1.78 bits per heavy atom. The molecule has 0 fully saturated rings. The van der Waals surface area contributed by atoms with Crippen molar-refractivity contribution in [2.45, 2.75) is 0 Å². The number of anilines is 2. The van der Waals surface area contributed by atoms with Crippen LogP contribution in [0.1, 0.15) is 10.5 Å². The summed E-state index contributed by atoms with van der Waals surface area (Å²) in [5.41, 5.74) is 7.81. The van der Waals surface area contributed by atoms with Gasteiger partial charge in [-0.05, 0) is 23.6 Å². The second kappa shape index (κ2) is 5.14. The van der Waals surface area contributed by atoms with Gasteiger partial charge in [0.1, 0.15) is 0 Å². The van der Waals surface area contributed by atoms with Gasteiger partial charge in [0.15, 0.2) is 11.3 Å². The second-order valence-electron chi connectivity index (χ2n) is 5.23. The van der Waals surface area contributed by atoms with Crippen LogP contribution in [0.25, 0.3) is 21.7 Å². The highest BCUT2D eigenvalue weighted by Crippen LogP contribution is 2.27. The van der Waals surface area contributed by atoms with Crippen molar-refractivity contribution in [3.05, 3.63) is 66.4 Å². The fourth-order valence-electron chi connectivity index (χ4n) is 2.69. The van der Waals surface area contributed by atoms with E-state index in [0.717, 1.165) is 16.5 Å². The summed E-state index contributed by atoms with van der Waals surface area (Å²) in [4.78, 5) is 12.6. The van der Waals surface area contributed by atoms with Gasteiger partial charge in [0.05, 0.1) is 5.39 Å². The minimum atomic E-state index is -0.349. The fourth-order valence-corrected chi connectivity index (χ4v) is 2.69. The predicted molar refractivity (Wildman–Crippen MR) is 90.3 cm³/mol. The molecule has 0 saturated heterocycles. The summed E-state index contributed by atoms with van der Waals surface area (Å²) < 4.78 is 5.19. The van der Waals surface area contributed by atoms with E-state index in [-0.39, 0.29) is 11.6 Å². The topological polar surface area (TPSA) is 81.2 Å². The third kappa shape index (κ3) is 2.19. The maximum Gasteiger partial charge on any atom is 0.278 e. The molecule has 112 valence electrons. The van der Waals surface area contributed by atoms with Gasteiger partial charge in [-0.3, -0.25) is 4.79 Å². The van der Waals surface area contributed by atoms with Crippen LogP contribution in [0.15, 0.2) is 65.2 Å². The van der Waals surface area contributed by atoms with Gasteiger partial charge >= 0.3 is 0 Å². The van der Waals surface area contributed by atoms with Crippen molar-refractivity contribution < 1.29 is 9.32 Å². The summed E-state index contributed by atoms with van der Waals surface area (Å²) in [5, 5.41) is 9.30. The van der Waals surface area contributed by atoms with Crippen LogP contribution in [0.3, 0.4) is 0 Å². The van der Waals surface area contributed by atoms with E-state index in [1.165, 1.54) is 0 Å². The van der Waals surface area contributed by atoms with Crippen LogP contribution < -0.4 is 11.1 Å². The Bertz CT molecular complexity index is 1030. The average Bonchev–Trinajstić information content (AvgIpc) is 3.01. The molecule has 0 spiro atoms. The molecule has 4 aromatic rings. The average molecular weight is 303 g/mol. The Morgan fingerprint density at radius 1 is 1.00 bits per heavy atom. The van der Waals surface area contributed by atoms with Gasteiger partial charge in [-0.1, -0.05) is 47.6 Å². The number of hydrogen-bond acceptors (Lipinski definition) is 4. The molecular formula is C18H13N3O2. The van der Waals surface area contributed by atoms with E-state index in [2.05, 4.69) is 10.5 Å². The first kappa shape index (κ1) is 13.3. The maximum atomic E-state index is 12.6. The number of amides is 1. The number of nitrogens with two attached hydrogens (primary N) is 1. The van der Waals surface area contributed by atoms with E-state index in [0.29, 0.717) is 16.7 Å². The Kier molecular flexibility index (Phi) is 2.98. The lowest BCUT2D eigenvalue weighted by Gasteiger charge is -2.07. The van der Waals surface area contributed by atoms with Crippen LogP contribution in [0, 0.1) is 0 Å². The van der Waals surface area contributed by atoms with E-state index in [1.807, 2.05) is 42.5 Å². The molecule has 0 saturated carbocycles. The molecule has 0 atom stereocenters. The molecule has 5 nitrogen and oxygen atoms in total. The lowest BCUT2D eigenvalue weighted by molar-refractivity contribution is 0.102. The third-order valence-corrected chi connectivity index (χ3v) is 3.78. The van der Waals surface area contributed by atoms with Crippen molar-refractivity contribution in [1.29, 1.82) is 0 Å². The highest BCUT2D eigenvalue weighted by Gasteiger charge is 2.18. The van der Waals surface area contributed by atoms with E-state index >= 15 is 0 Å². The van der Waals surface area contributed by atoms with Gasteiger partial charge in [-0.25, -0.2) is 0 Å². The number of carbonyl (C=O) groups excluding carboxylic acids is 1.